The third-order valence-corrected chi connectivity index (χ3v) is 18.9. The molecule has 17 heteroatoms. The Morgan fingerprint density at radius 1 is 0.394 bits per heavy atom. The first-order chi connectivity index (χ1) is 48.9. The predicted octanol–water partition coefficient (Wildman–Crippen LogP) is 18.5. The number of fused-ring (bicyclic) bond motifs is 7. The highest BCUT2D eigenvalue weighted by Gasteiger charge is 2.33. The van der Waals surface area contributed by atoms with Gasteiger partial charge in [0.05, 0.1) is 64.3 Å². The van der Waals surface area contributed by atoms with Crippen LogP contribution in [-0.2, 0) is 19.4 Å². The minimum absolute atomic E-state index is 0.104. The van der Waals surface area contributed by atoms with Gasteiger partial charge in [0.15, 0.2) is 23.1 Å². The molecular weight excluding hydrogens is 1290 g/mol. The van der Waals surface area contributed by atoms with Crippen molar-refractivity contribution in [3.63, 3.8) is 0 Å². The van der Waals surface area contributed by atoms with Gasteiger partial charge in [0.1, 0.15) is 13.2 Å². The lowest BCUT2D eigenvalue weighted by atomic mass is 10.0. The normalized spacial score (nSPS) is 16.1. The summed E-state index contributed by atoms with van der Waals surface area (Å²) in [4.78, 5) is 36.4. The summed E-state index contributed by atoms with van der Waals surface area (Å²) in [6.45, 7) is 59.8. The number of anilines is 10. The third kappa shape index (κ3) is 24.2. The second kappa shape index (κ2) is 37.2. The molecule has 7 aliphatic heterocycles. The largest absolute Gasteiger partial charge is 0.488 e. The predicted molar refractivity (Wildman–Crippen MR) is 448 cm³/mol. The Balaban J connectivity index is 0.000000169. The van der Waals surface area contributed by atoms with Crippen molar-refractivity contribution in [3.05, 3.63) is 157 Å². The lowest BCUT2D eigenvalue weighted by Gasteiger charge is -2.43. The summed E-state index contributed by atoms with van der Waals surface area (Å²) < 4.78 is 11.4. The first kappa shape index (κ1) is 83.1. The SMILES string of the molecule is CC(C)(C)N1CCCNc2ccccc21.CC(C)(C)N1CCNc2ccccc21.CC(C)(C)N1CCOc2cccnc21.CC(C)(C)N1CCc2nccnc2C1.CC(C)C.CN(C)c1cccc2c1OCCN2C(C)(C)C.CN1CCN(C(C)(C)C)c2ncccc21.c1ccc2c(c1)CCCCN2. The zero-order valence-corrected chi connectivity index (χ0v) is 68.8. The topological polar surface area (TPSA) is 132 Å². The fourth-order valence-electron chi connectivity index (χ4n) is 13.5. The quantitative estimate of drug-likeness (QED) is 0.144. The molecule has 17 nitrogen and oxygen atoms in total. The molecule has 4 aromatic carbocycles. The second-order valence-corrected chi connectivity index (χ2v) is 34.7. The summed E-state index contributed by atoms with van der Waals surface area (Å²) in [6, 6.07) is 40.1. The molecule has 0 spiro atoms. The number of nitrogens with one attached hydrogen (secondary N) is 3. The summed E-state index contributed by atoms with van der Waals surface area (Å²) in [7, 11) is 6.23. The van der Waals surface area contributed by atoms with E-state index in [0.29, 0.717) is 0 Å². The van der Waals surface area contributed by atoms with E-state index < -0.39 is 0 Å². The number of pyridine rings is 2. The molecule has 3 N–H and O–H groups in total. The molecular formula is C87H135N15O2. The fraction of sp³-hybridized carbons (Fsp3) is 0.563. The van der Waals surface area contributed by atoms with Crippen molar-refractivity contribution in [3.8, 4) is 11.5 Å². The Bertz CT molecular complexity index is 3620. The maximum absolute atomic E-state index is 5.86. The van der Waals surface area contributed by atoms with Crippen LogP contribution in [0.15, 0.2) is 140 Å². The van der Waals surface area contributed by atoms with E-state index >= 15 is 0 Å². The van der Waals surface area contributed by atoms with E-state index in [1.165, 1.54) is 76.8 Å². The van der Waals surface area contributed by atoms with Crippen LogP contribution in [0.4, 0.5) is 57.1 Å². The number of benzene rings is 4. The zero-order valence-electron chi connectivity index (χ0n) is 68.8. The van der Waals surface area contributed by atoms with Gasteiger partial charge in [-0.25, -0.2) is 9.97 Å². The molecule has 10 heterocycles. The molecule has 0 unspecified atom stereocenters. The van der Waals surface area contributed by atoms with Crippen molar-refractivity contribution >= 4 is 57.1 Å². The molecule has 0 aliphatic carbocycles. The van der Waals surface area contributed by atoms with Crippen molar-refractivity contribution in [2.45, 2.75) is 217 Å². The number of nitrogens with zero attached hydrogens (tertiary/aromatic N) is 12. The van der Waals surface area contributed by atoms with Gasteiger partial charge < -0.3 is 59.7 Å². The molecule has 0 bridgehead atoms. The van der Waals surface area contributed by atoms with Gasteiger partial charge in [-0.05, 0) is 229 Å². The van der Waals surface area contributed by atoms with Gasteiger partial charge in [0.25, 0.3) is 0 Å². The van der Waals surface area contributed by atoms with E-state index in [1.54, 1.807) is 12.4 Å². The van der Waals surface area contributed by atoms with Gasteiger partial charge in [-0.1, -0.05) is 69.3 Å². The molecule has 0 fully saturated rings. The van der Waals surface area contributed by atoms with Crippen molar-refractivity contribution < 1.29 is 9.47 Å². The van der Waals surface area contributed by atoms with E-state index in [0.717, 1.165) is 132 Å². The molecule has 0 saturated carbocycles. The second-order valence-electron chi connectivity index (χ2n) is 34.7. The van der Waals surface area contributed by atoms with E-state index in [-0.39, 0.29) is 33.2 Å². The van der Waals surface area contributed by atoms with Crippen LogP contribution in [0.1, 0.15) is 182 Å². The lowest BCUT2D eigenvalue weighted by molar-refractivity contribution is 0.117. The average Bonchev–Trinajstić information content (AvgIpc) is 0.800. The highest BCUT2D eigenvalue weighted by Crippen LogP contribution is 2.43. The summed E-state index contributed by atoms with van der Waals surface area (Å²) >= 11 is 0. The third-order valence-electron chi connectivity index (χ3n) is 18.9. The standard InChI is InChI=1S/C14H22N2O.C13H20N2.C12H19N3.C12H18N2.C11H17N3.C11H16N2O.C10H13N.C4H10/c1-14(2,3)16-9-10-17-13-11(15(4)5)7-6-8-12(13)16;1-13(2,3)15-10-6-9-14-11-7-4-5-8-12(11)15;1-12(2,3)15-9-8-14(4)10-6-5-7-13-11(10)15;1-12(2,3)14-9-8-13-10-6-4-5-7-11(10)14;1-11(2,3)14-7-4-9-10(8-14)13-6-5-12-9;1-11(2,3)13-7-8-14-9-5-4-6-12-10(9)13;1-2-7-10-9(5-1)6-3-4-8-11-10;1-4(2)3/h6-8H,9-10H2,1-5H3;4-5,7-8,14H,6,9-10H2,1-3H3;5-7H,8-9H2,1-4H3;4-7,13H,8-9H2,1-3H3;5-6H,4,7-8H2,1-3H3;4-6H,7-8H2,1-3H3;1-2,5,7,11H,3-4,6,8H2;4H,1-3H3. The van der Waals surface area contributed by atoms with Crippen molar-refractivity contribution in [1.82, 2.24) is 24.8 Å². The van der Waals surface area contributed by atoms with E-state index in [1.807, 2.05) is 30.6 Å². The van der Waals surface area contributed by atoms with Crippen LogP contribution in [0.5, 0.6) is 11.5 Å². The summed E-state index contributed by atoms with van der Waals surface area (Å²) in [6.07, 6.45) is 13.3. The van der Waals surface area contributed by atoms with E-state index in [4.69, 9.17) is 9.47 Å². The number of para-hydroxylation sites is 6. The molecule has 3 aromatic heterocycles. The Labute approximate surface area is 629 Å². The minimum atomic E-state index is 0.104. The number of hydrogen-bond donors (Lipinski definition) is 3. The molecule has 0 saturated heterocycles. The highest BCUT2D eigenvalue weighted by atomic mass is 16.5. The Hall–Kier alpha value is -8.18. The number of aromatic nitrogens is 4. The van der Waals surface area contributed by atoms with Crippen LogP contribution >= 0.6 is 0 Å². The maximum Gasteiger partial charge on any atom is 0.171 e. The molecule has 0 atom stereocenters. The van der Waals surface area contributed by atoms with Gasteiger partial charge in [0.2, 0.25) is 0 Å². The van der Waals surface area contributed by atoms with Gasteiger partial charge in [0, 0.05) is 150 Å². The molecule has 0 amide bonds. The molecule has 104 heavy (non-hydrogen) atoms. The minimum Gasteiger partial charge on any atom is -0.488 e. The van der Waals surface area contributed by atoms with Gasteiger partial charge in [-0.2, -0.15) is 0 Å². The number of aryl methyl sites for hydroxylation is 1. The molecule has 570 valence electrons. The van der Waals surface area contributed by atoms with Crippen LogP contribution in [0.3, 0.4) is 0 Å². The molecule has 14 rings (SSSR count). The summed E-state index contributed by atoms with van der Waals surface area (Å²) in [5.74, 6) is 4.82. The Morgan fingerprint density at radius 2 is 0.875 bits per heavy atom. The molecule has 0 radical (unpaired) electrons. The zero-order chi connectivity index (χ0) is 76.2. The van der Waals surface area contributed by atoms with Gasteiger partial charge in [-0.15, -0.1) is 0 Å². The van der Waals surface area contributed by atoms with Crippen LogP contribution in [0.2, 0.25) is 0 Å². The van der Waals surface area contributed by atoms with E-state index in [9.17, 15) is 0 Å². The fourth-order valence-corrected chi connectivity index (χ4v) is 13.5. The van der Waals surface area contributed by atoms with Crippen LogP contribution < -0.4 is 59.7 Å². The van der Waals surface area contributed by atoms with Crippen LogP contribution in [-0.4, -0.2) is 158 Å². The van der Waals surface area contributed by atoms with E-state index in [2.05, 4.69) is 339 Å². The van der Waals surface area contributed by atoms with Crippen LogP contribution in [0.25, 0.3) is 0 Å². The van der Waals surface area contributed by atoms with Gasteiger partial charge in [-0.3, -0.25) is 14.9 Å². The summed E-state index contributed by atoms with van der Waals surface area (Å²) in [5.41, 5.74) is 14.9. The van der Waals surface area contributed by atoms with Crippen LogP contribution in [0, 0.1) is 5.92 Å². The monoisotopic (exact) mass is 1420 g/mol. The van der Waals surface area contributed by atoms with Crippen molar-refractivity contribution in [1.29, 1.82) is 0 Å². The van der Waals surface area contributed by atoms with Gasteiger partial charge >= 0.3 is 0 Å². The first-order valence-electron chi connectivity index (χ1n) is 38.5. The number of rotatable bonds is 1. The lowest BCUT2D eigenvalue weighted by Crippen LogP contribution is -2.49. The Kier molecular flexibility index (Phi) is 29.7. The van der Waals surface area contributed by atoms with Crippen molar-refractivity contribution in [2.75, 3.05) is 150 Å². The van der Waals surface area contributed by atoms with Crippen molar-refractivity contribution in [2.24, 2.45) is 5.92 Å². The smallest absolute Gasteiger partial charge is 0.171 e. The number of hydrogen-bond acceptors (Lipinski definition) is 17. The first-order valence-corrected chi connectivity index (χ1v) is 38.5. The maximum atomic E-state index is 5.86. The highest BCUT2D eigenvalue weighted by molar-refractivity contribution is 5.75. The number of likely N-dealkylation sites (N-methyl/N-ethyl adjacent to an activating group) is 1. The molecule has 7 aliphatic rings. The molecule has 7 aromatic rings. The summed E-state index contributed by atoms with van der Waals surface area (Å²) in [5, 5.41) is 10.3. The Morgan fingerprint density at radius 3 is 1.48 bits per heavy atom. The number of ether oxygens (including phenoxy) is 2. The average molecular weight is 1420 g/mol.